The number of hydrogen-bond donors (Lipinski definition) is 1. The van der Waals surface area contributed by atoms with Crippen LogP contribution in [0.1, 0.15) is 17.8 Å². The fourth-order valence-electron chi connectivity index (χ4n) is 2.31. The van der Waals surface area contributed by atoms with Crippen LogP contribution in [-0.4, -0.2) is 37.4 Å². The molecule has 0 unspecified atom stereocenters. The normalized spacial score (nSPS) is 10.6. The molecule has 21 heavy (non-hydrogen) atoms. The van der Waals surface area contributed by atoms with E-state index in [1.54, 1.807) is 14.2 Å². The molecule has 0 bridgehead atoms. The molecule has 0 aliphatic carbocycles. The Morgan fingerprint density at radius 1 is 1.19 bits per heavy atom. The van der Waals surface area contributed by atoms with Gasteiger partial charge in [0.25, 0.3) is 0 Å². The van der Waals surface area contributed by atoms with Crippen molar-refractivity contribution in [1.29, 1.82) is 0 Å². The van der Waals surface area contributed by atoms with Crippen molar-refractivity contribution in [2.45, 2.75) is 19.4 Å². The molecule has 5 heteroatoms. The molecule has 0 fully saturated rings. The van der Waals surface area contributed by atoms with E-state index in [4.69, 9.17) is 9.47 Å². The highest BCUT2D eigenvalue weighted by Crippen LogP contribution is 2.28. The smallest absolute Gasteiger partial charge is 0.161 e. The molecule has 114 valence electrons. The molecule has 0 aliphatic heterocycles. The molecule has 0 atom stereocenters. The van der Waals surface area contributed by atoms with Crippen molar-refractivity contribution in [3.05, 3.63) is 42.0 Å². The van der Waals surface area contributed by atoms with Crippen molar-refractivity contribution in [2.75, 3.05) is 27.8 Å². The Bertz CT molecular complexity index is 566. The minimum Gasteiger partial charge on any atom is -0.493 e. The third-order valence-corrected chi connectivity index (χ3v) is 3.44. The number of aromatic nitrogens is 2. The van der Waals surface area contributed by atoms with Gasteiger partial charge in [0.1, 0.15) is 5.82 Å². The number of hydrogen-bond acceptors (Lipinski definition) is 4. The number of imidazole rings is 1. The Hall–Kier alpha value is -2.01. The molecule has 0 spiro atoms. The lowest BCUT2D eigenvalue weighted by molar-refractivity contribution is 0.354. The molecule has 0 aliphatic rings. The minimum atomic E-state index is 0.749. The molecule has 2 aromatic rings. The predicted molar refractivity (Wildman–Crippen MR) is 83.1 cm³/mol. The van der Waals surface area contributed by atoms with Crippen LogP contribution in [0.3, 0.4) is 0 Å². The summed E-state index contributed by atoms with van der Waals surface area (Å²) in [5.74, 6) is 2.57. The lowest BCUT2D eigenvalue weighted by Crippen LogP contribution is -2.12. The standard InChI is InChI=1S/C16H23N3O2/c1-17-7-4-9-19-10-8-18-16(19)12-13-5-6-14(20-2)15(11-13)21-3/h5-6,8,10-11,17H,4,7,9,12H2,1-3H3. The fourth-order valence-corrected chi connectivity index (χ4v) is 2.31. The van der Waals surface area contributed by atoms with Crippen LogP contribution in [0.5, 0.6) is 11.5 Å². The van der Waals surface area contributed by atoms with Gasteiger partial charge in [0.05, 0.1) is 14.2 Å². The van der Waals surface area contributed by atoms with Crippen LogP contribution in [0.4, 0.5) is 0 Å². The number of nitrogens with zero attached hydrogens (tertiary/aromatic N) is 2. The highest BCUT2D eigenvalue weighted by molar-refractivity contribution is 5.43. The number of aryl methyl sites for hydroxylation is 1. The molecule has 0 saturated heterocycles. The van der Waals surface area contributed by atoms with Crippen LogP contribution in [-0.2, 0) is 13.0 Å². The fraction of sp³-hybridized carbons (Fsp3) is 0.438. The quantitative estimate of drug-likeness (QED) is 0.756. The first-order chi connectivity index (χ1) is 10.3. The summed E-state index contributed by atoms with van der Waals surface area (Å²) in [5, 5.41) is 3.16. The van der Waals surface area contributed by atoms with Gasteiger partial charge in [0, 0.05) is 25.4 Å². The average Bonchev–Trinajstić information content (AvgIpc) is 2.94. The molecule has 5 nitrogen and oxygen atoms in total. The summed E-state index contributed by atoms with van der Waals surface area (Å²) in [6, 6.07) is 5.99. The Balaban J connectivity index is 2.09. The zero-order valence-electron chi connectivity index (χ0n) is 12.9. The number of methoxy groups -OCH3 is 2. The zero-order valence-corrected chi connectivity index (χ0v) is 12.9. The van der Waals surface area contributed by atoms with E-state index < -0.39 is 0 Å². The highest BCUT2D eigenvalue weighted by Gasteiger charge is 2.08. The summed E-state index contributed by atoms with van der Waals surface area (Å²) in [4.78, 5) is 4.46. The number of rotatable bonds is 8. The summed E-state index contributed by atoms with van der Waals surface area (Å²) in [6.45, 7) is 1.98. The van der Waals surface area contributed by atoms with Gasteiger partial charge in [-0.3, -0.25) is 0 Å². The first-order valence-corrected chi connectivity index (χ1v) is 7.14. The second-order valence-corrected chi connectivity index (χ2v) is 4.86. The molecule has 0 saturated carbocycles. The van der Waals surface area contributed by atoms with Gasteiger partial charge >= 0.3 is 0 Å². The van der Waals surface area contributed by atoms with E-state index in [1.807, 2.05) is 37.6 Å². The number of nitrogens with one attached hydrogen (secondary N) is 1. The number of benzene rings is 1. The van der Waals surface area contributed by atoms with E-state index in [9.17, 15) is 0 Å². The van der Waals surface area contributed by atoms with Crippen molar-refractivity contribution in [3.8, 4) is 11.5 Å². The Morgan fingerprint density at radius 3 is 2.71 bits per heavy atom. The second-order valence-electron chi connectivity index (χ2n) is 4.86. The molecule has 1 aromatic heterocycles. The summed E-state index contributed by atoms with van der Waals surface area (Å²) in [6.07, 6.45) is 5.76. The summed E-state index contributed by atoms with van der Waals surface area (Å²) in [5.41, 5.74) is 1.16. The maximum atomic E-state index is 5.35. The zero-order chi connectivity index (χ0) is 15.1. The highest BCUT2D eigenvalue weighted by atomic mass is 16.5. The molecule has 1 heterocycles. The van der Waals surface area contributed by atoms with Gasteiger partial charge in [0.15, 0.2) is 11.5 Å². The largest absolute Gasteiger partial charge is 0.493 e. The summed E-state index contributed by atoms with van der Waals surface area (Å²) in [7, 11) is 5.27. The SMILES string of the molecule is CNCCCn1ccnc1Cc1ccc(OC)c(OC)c1. The molecular formula is C16H23N3O2. The van der Waals surface area contributed by atoms with Gasteiger partial charge in [-0.2, -0.15) is 0 Å². The van der Waals surface area contributed by atoms with E-state index in [1.165, 1.54) is 0 Å². The van der Waals surface area contributed by atoms with E-state index in [0.29, 0.717) is 0 Å². The van der Waals surface area contributed by atoms with Gasteiger partial charge < -0.3 is 19.4 Å². The predicted octanol–water partition coefficient (Wildman–Crippen LogP) is 2.10. The van der Waals surface area contributed by atoms with Crippen LogP contribution in [0.25, 0.3) is 0 Å². The number of ether oxygens (including phenoxy) is 2. The van der Waals surface area contributed by atoms with Crippen LogP contribution in [0.15, 0.2) is 30.6 Å². The Labute approximate surface area is 125 Å². The first-order valence-electron chi connectivity index (χ1n) is 7.14. The van der Waals surface area contributed by atoms with Crippen LogP contribution >= 0.6 is 0 Å². The Kier molecular flexibility index (Phi) is 5.63. The maximum Gasteiger partial charge on any atom is 0.161 e. The Morgan fingerprint density at radius 2 is 2.00 bits per heavy atom. The molecule has 1 N–H and O–H groups in total. The van der Waals surface area contributed by atoms with Gasteiger partial charge in [-0.15, -0.1) is 0 Å². The van der Waals surface area contributed by atoms with E-state index in [2.05, 4.69) is 14.9 Å². The van der Waals surface area contributed by atoms with Crippen LogP contribution in [0, 0.1) is 0 Å². The van der Waals surface area contributed by atoms with Crippen LogP contribution < -0.4 is 14.8 Å². The summed E-state index contributed by atoms with van der Waals surface area (Å²) < 4.78 is 12.8. The molecule has 0 amide bonds. The first kappa shape index (κ1) is 15.4. The van der Waals surface area contributed by atoms with Crippen molar-refractivity contribution in [1.82, 2.24) is 14.9 Å². The van der Waals surface area contributed by atoms with Gasteiger partial charge in [-0.1, -0.05) is 6.07 Å². The van der Waals surface area contributed by atoms with Crippen molar-refractivity contribution in [3.63, 3.8) is 0 Å². The lowest BCUT2D eigenvalue weighted by Gasteiger charge is -2.11. The van der Waals surface area contributed by atoms with Crippen molar-refractivity contribution < 1.29 is 9.47 Å². The van der Waals surface area contributed by atoms with Gasteiger partial charge in [-0.25, -0.2) is 4.98 Å². The van der Waals surface area contributed by atoms with Crippen LogP contribution in [0.2, 0.25) is 0 Å². The topological polar surface area (TPSA) is 48.3 Å². The summed E-state index contributed by atoms with van der Waals surface area (Å²) >= 11 is 0. The molecule has 1 aromatic carbocycles. The van der Waals surface area contributed by atoms with Gasteiger partial charge in [-0.05, 0) is 37.7 Å². The van der Waals surface area contributed by atoms with E-state index in [0.717, 1.165) is 48.8 Å². The third kappa shape index (κ3) is 3.98. The molecule has 2 rings (SSSR count). The second kappa shape index (κ2) is 7.69. The van der Waals surface area contributed by atoms with E-state index >= 15 is 0 Å². The lowest BCUT2D eigenvalue weighted by atomic mass is 10.1. The molecule has 0 radical (unpaired) electrons. The molecular weight excluding hydrogens is 266 g/mol. The van der Waals surface area contributed by atoms with Crippen molar-refractivity contribution in [2.24, 2.45) is 0 Å². The van der Waals surface area contributed by atoms with E-state index in [-0.39, 0.29) is 0 Å². The average molecular weight is 289 g/mol. The minimum absolute atomic E-state index is 0.749. The maximum absolute atomic E-state index is 5.35. The van der Waals surface area contributed by atoms with Gasteiger partial charge in [0.2, 0.25) is 0 Å². The van der Waals surface area contributed by atoms with Crippen molar-refractivity contribution >= 4 is 0 Å². The monoisotopic (exact) mass is 289 g/mol. The third-order valence-electron chi connectivity index (χ3n) is 3.44.